The zero-order valence-corrected chi connectivity index (χ0v) is 20.1. The molecule has 0 bridgehead atoms. The minimum Gasteiger partial charge on any atom is -0.486 e. The Bertz CT molecular complexity index is 951. The zero-order chi connectivity index (χ0) is 24.4. The Balaban J connectivity index is 1.55. The quantitative estimate of drug-likeness (QED) is 0.533. The van der Waals surface area contributed by atoms with Gasteiger partial charge in [-0.25, -0.2) is 0 Å². The summed E-state index contributed by atoms with van der Waals surface area (Å²) in [5, 5.41) is 23.7. The lowest BCUT2D eigenvalue weighted by atomic mass is 9.77. The zero-order valence-electron chi connectivity index (χ0n) is 20.1. The van der Waals surface area contributed by atoms with Crippen LogP contribution in [0.5, 0.6) is 5.75 Å². The van der Waals surface area contributed by atoms with Gasteiger partial charge in [0.15, 0.2) is 0 Å². The highest BCUT2D eigenvalue weighted by Crippen LogP contribution is 2.47. The van der Waals surface area contributed by atoms with E-state index in [9.17, 15) is 19.8 Å². The van der Waals surface area contributed by atoms with Crippen LogP contribution in [0, 0.1) is 5.92 Å². The van der Waals surface area contributed by atoms with Crippen molar-refractivity contribution in [2.45, 2.75) is 75.2 Å². The van der Waals surface area contributed by atoms with Crippen LogP contribution in [0.4, 0.5) is 0 Å². The normalized spacial score (nSPS) is 30.5. The standard InChI is InChI=1S/C27H36N2O6/c30-13-12-28-26(32)20-15-21(24(31)25-23(20)19-9-5-6-10-22(19)35-25)29(18-7-3-1-2-4-8-18)27(33)17-11-14-34-16-17/h5-6,9-10,15,17-18,21,23-25,30-31H,1-4,7-8,11-14,16H2,(H,28,32)/t17?,21-,23+,24+,25+/m1/s1. The molecule has 35 heavy (non-hydrogen) atoms. The van der Waals surface area contributed by atoms with E-state index in [0.29, 0.717) is 31.0 Å². The van der Waals surface area contributed by atoms with E-state index in [4.69, 9.17) is 9.47 Å². The summed E-state index contributed by atoms with van der Waals surface area (Å²) in [4.78, 5) is 29.1. The van der Waals surface area contributed by atoms with Gasteiger partial charge in [0.05, 0.1) is 31.1 Å². The Labute approximate surface area is 206 Å². The third-order valence-electron chi connectivity index (χ3n) is 7.95. The number of carbonyl (C=O) groups excluding carboxylic acids is 2. The molecule has 4 aliphatic rings. The van der Waals surface area contributed by atoms with Gasteiger partial charge in [-0.05, 0) is 31.4 Å². The molecule has 190 valence electrons. The fraction of sp³-hybridized carbons (Fsp3) is 0.630. The molecule has 3 N–H and O–H groups in total. The van der Waals surface area contributed by atoms with Crippen LogP contribution in [0.15, 0.2) is 35.9 Å². The maximum absolute atomic E-state index is 13.9. The molecule has 2 heterocycles. The van der Waals surface area contributed by atoms with Crippen molar-refractivity contribution in [1.82, 2.24) is 10.2 Å². The van der Waals surface area contributed by atoms with Gasteiger partial charge in [-0.3, -0.25) is 9.59 Å². The molecule has 8 nitrogen and oxygen atoms in total. The maximum Gasteiger partial charge on any atom is 0.247 e. The molecule has 0 aromatic heterocycles. The number of amides is 2. The third kappa shape index (κ3) is 4.71. The van der Waals surface area contributed by atoms with E-state index in [2.05, 4.69) is 5.32 Å². The van der Waals surface area contributed by atoms with Crippen molar-refractivity contribution in [3.05, 3.63) is 41.5 Å². The van der Waals surface area contributed by atoms with Gasteiger partial charge in [0.2, 0.25) is 11.8 Å². The number of nitrogens with one attached hydrogen (secondary N) is 1. The number of benzene rings is 1. The predicted octanol–water partition coefficient (Wildman–Crippen LogP) is 1.90. The molecule has 0 spiro atoms. The molecule has 2 amide bonds. The second kappa shape index (κ2) is 10.7. The number of rotatable bonds is 6. The summed E-state index contributed by atoms with van der Waals surface area (Å²) in [5.74, 6) is -0.316. The molecule has 2 aliphatic carbocycles. The average Bonchev–Trinajstić information content (AvgIpc) is 3.47. The Morgan fingerprint density at radius 3 is 2.57 bits per heavy atom. The van der Waals surface area contributed by atoms with Crippen LogP contribution in [-0.2, 0) is 14.3 Å². The highest BCUT2D eigenvalue weighted by Gasteiger charge is 2.51. The first-order valence-electron chi connectivity index (χ1n) is 13.0. The maximum atomic E-state index is 13.9. The van der Waals surface area contributed by atoms with Crippen molar-refractivity contribution >= 4 is 11.8 Å². The van der Waals surface area contributed by atoms with E-state index in [-0.39, 0.29) is 36.9 Å². The molecule has 5 atom stereocenters. The van der Waals surface area contributed by atoms with Crippen molar-refractivity contribution in [3.63, 3.8) is 0 Å². The van der Waals surface area contributed by atoms with Crippen LogP contribution < -0.4 is 10.1 Å². The van der Waals surface area contributed by atoms with Gasteiger partial charge in [0.1, 0.15) is 18.0 Å². The van der Waals surface area contributed by atoms with E-state index >= 15 is 0 Å². The molecular formula is C27H36N2O6. The second-order valence-electron chi connectivity index (χ2n) is 10.1. The molecule has 2 aliphatic heterocycles. The van der Waals surface area contributed by atoms with Crippen molar-refractivity contribution in [1.29, 1.82) is 0 Å². The summed E-state index contributed by atoms with van der Waals surface area (Å²) >= 11 is 0. The predicted molar refractivity (Wildman–Crippen MR) is 129 cm³/mol. The van der Waals surface area contributed by atoms with Gasteiger partial charge < -0.3 is 29.9 Å². The van der Waals surface area contributed by atoms with E-state index < -0.39 is 24.2 Å². The Morgan fingerprint density at radius 1 is 1.09 bits per heavy atom. The number of ether oxygens (including phenoxy) is 2. The molecule has 1 unspecified atom stereocenters. The lowest BCUT2D eigenvalue weighted by Crippen LogP contribution is -2.59. The average molecular weight is 485 g/mol. The highest BCUT2D eigenvalue weighted by atomic mass is 16.5. The number of aliphatic hydroxyl groups is 2. The number of hydrogen-bond acceptors (Lipinski definition) is 6. The summed E-state index contributed by atoms with van der Waals surface area (Å²) in [6, 6.07) is 6.87. The summed E-state index contributed by atoms with van der Waals surface area (Å²) < 4.78 is 11.8. The van der Waals surface area contributed by atoms with E-state index in [1.54, 1.807) is 6.08 Å². The van der Waals surface area contributed by atoms with Crippen molar-refractivity contribution in [3.8, 4) is 5.75 Å². The van der Waals surface area contributed by atoms with Gasteiger partial charge in [0.25, 0.3) is 0 Å². The van der Waals surface area contributed by atoms with Crippen molar-refractivity contribution in [2.75, 3.05) is 26.4 Å². The first kappa shape index (κ1) is 24.3. The summed E-state index contributed by atoms with van der Waals surface area (Å²) in [6.45, 7) is 0.927. The molecule has 1 aromatic rings. The number of carbonyl (C=O) groups is 2. The monoisotopic (exact) mass is 484 g/mol. The minimum atomic E-state index is -0.976. The molecule has 1 saturated heterocycles. The summed E-state index contributed by atoms with van der Waals surface area (Å²) in [7, 11) is 0. The van der Waals surface area contributed by atoms with Crippen LogP contribution in [0.1, 0.15) is 56.4 Å². The number of hydrogen-bond donors (Lipinski definition) is 3. The molecule has 1 saturated carbocycles. The van der Waals surface area contributed by atoms with Crippen LogP contribution in [0.3, 0.4) is 0 Å². The molecule has 2 fully saturated rings. The number of para-hydroxylation sites is 1. The van der Waals surface area contributed by atoms with Gasteiger partial charge in [0, 0.05) is 30.3 Å². The third-order valence-corrected chi connectivity index (χ3v) is 7.95. The van der Waals surface area contributed by atoms with E-state index in [1.165, 1.54) is 0 Å². The van der Waals surface area contributed by atoms with Crippen LogP contribution in [0.2, 0.25) is 0 Å². The van der Waals surface area contributed by atoms with Crippen LogP contribution in [0.25, 0.3) is 0 Å². The van der Waals surface area contributed by atoms with Crippen LogP contribution in [-0.4, -0.2) is 77.6 Å². The Hall–Kier alpha value is -2.42. The van der Waals surface area contributed by atoms with Gasteiger partial charge in [-0.15, -0.1) is 0 Å². The van der Waals surface area contributed by atoms with E-state index in [1.807, 2.05) is 29.2 Å². The first-order valence-corrected chi connectivity index (χ1v) is 13.0. The summed E-state index contributed by atoms with van der Waals surface area (Å²) in [5.41, 5.74) is 1.34. The molecular weight excluding hydrogens is 448 g/mol. The molecule has 0 radical (unpaired) electrons. The number of aliphatic hydroxyl groups excluding tert-OH is 2. The fourth-order valence-corrected chi connectivity index (χ4v) is 6.21. The largest absolute Gasteiger partial charge is 0.486 e. The van der Waals surface area contributed by atoms with Crippen molar-refractivity contribution < 1.29 is 29.3 Å². The topological polar surface area (TPSA) is 108 Å². The van der Waals surface area contributed by atoms with Crippen LogP contribution >= 0.6 is 0 Å². The fourth-order valence-electron chi connectivity index (χ4n) is 6.21. The molecule has 8 heteroatoms. The molecule has 5 rings (SSSR count). The lowest BCUT2D eigenvalue weighted by Gasteiger charge is -2.44. The number of fused-ring (bicyclic) bond motifs is 3. The van der Waals surface area contributed by atoms with Gasteiger partial charge >= 0.3 is 0 Å². The van der Waals surface area contributed by atoms with E-state index in [0.717, 1.165) is 44.1 Å². The SMILES string of the molecule is O=C(NCCO)C1=C[C@@H](N(C(=O)C2CCOC2)C2CCCCCC2)[C@H](O)[C@H]2Oc3ccccc3[C@@H]12. The minimum absolute atomic E-state index is 0.00113. The first-order chi connectivity index (χ1) is 17.1. The summed E-state index contributed by atoms with van der Waals surface area (Å²) in [6.07, 6.45) is 6.97. The molecule has 1 aromatic carbocycles. The highest BCUT2D eigenvalue weighted by molar-refractivity contribution is 5.96. The Morgan fingerprint density at radius 2 is 1.86 bits per heavy atom. The van der Waals surface area contributed by atoms with Crippen molar-refractivity contribution in [2.24, 2.45) is 5.92 Å². The number of nitrogens with zero attached hydrogens (tertiary/aromatic N) is 1. The van der Waals surface area contributed by atoms with Gasteiger partial charge in [-0.2, -0.15) is 0 Å². The lowest BCUT2D eigenvalue weighted by molar-refractivity contribution is -0.145. The van der Waals surface area contributed by atoms with Gasteiger partial charge in [-0.1, -0.05) is 43.9 Å². The smallest absolute Gasteiger partial charge is 0.247 e. The second-order valence-corrected chi connectivity index (χ2v) is 10.1. The Kier molecular flexibility index (Phi) is 7.41.